The third kappa shape index (κ3) is 5.24. The number of amides is 1. The third-order valence-corrected chi connectivity index (χ3v) is 2.84. The van der Waals surface area contributed by atoms with Crippen molar-refractivity contribution in [3.63, 3.8) is 0 Å². The molecule has 2 N–H and O–H groups in total. The predicted octanol–water partition coefficient (Wildman–Crippen LogP) is 1.22. The van der Waals surface area contributed by atoms with Crippen LogP contribution in [0.25, 0.3) is 0 Å². The lowest BCUT2D eigenvalue weighted by Gasteiger charge is -2.24. The topological polar surface area (TPSA) is 55.6 Å². The number of rotatable bonds is 8. The summed E-state index contributed by atoms with van der Waals surface area (Å²) in [6.07, 6.45) is 2.24. The number of hydrogen-bond acceptors (Lipinski definition) is 3. The quantitative estimate of drug-likeness (QED) is 0.717. The van der Waals surface area contributed by atoms with Crippen LogP contribution in [-0.2, 0) is 16.0 Å². The number of nitrogens with two attached hydrogens (primary N) is 1. The van der Waals surface area contributed by atoms with E-state index in [2.05, 4.69) is 6.58 Å². The van der Waals surface area contributed by atoms with Crippen LogP contribution in [0.3, 0.4) is 0 Å². The van der Waals surface area contributed by atoms with E-state index in [-0.39, 0.29) is 5.91 Å². The van der Waals surface area contributed by atoms with Gasteiger partial charge < -0.3 is 15.4 Å². The molecule has 1 amide bonds. The zero-order chi connectivity index (χ0) is 14.1. The van der Waals surface area contributed by atoms with Crippen LogP contribution in [0.1, 0.15) is 5.56 Å². The van der Waals surface area contributed by atoms with Crippen molar-refractivity contribution >= 4 is 5.91 Å². The van der Waals surface area contributed by atoms with Crippen molar-refractivity contribution in [2.24, 2.45) is 5.73 Å². The molecule has 4 heteroatoms. The first-order valence-corrected chi connectivity index (χ1v) is 6.37. The number of hydrogen-bond donors (Lipinski definition) is 1. The third-order valence-electron chi connectivity index (χ3n) is 2.84. The van der Waals surface area contributed by atoms with Crippen molar-refractivity contribution in [3.05, 3.63) is 48.6 Å². The number of ether oxygens (including phenoxy) is 1. The van der Waals surface area contributed by atoms with E-state index in [9.17, 15) is 4.79 Å². The number of carbonyl (C=O) groups excluding carboxylic acids is 1. The van der Waals surface area contributed by atoms with Gasteiger partial charge in [0.15, 0.2) is 0 Å². The highest BCUT2D eigenvalue weighted by molar-refractivity contribution is 5.82. The van der Waals surface area contributed by atoms with Gasteiger partial charge in [-0.2, -0.15) is 0 Å². The Morgan fingerprint density at radius 3 is 2.74 bits per heavy atom. The highest BCUT2D eigenvalue weighted by Crippen LogP contribution is 2.04. The first-order chi connectivity index (χ1) is 9.19. The summed E-state index contributed by atoms with van der Waals surface area (Å²) in [5.74, 6) is -0.0687. The fourth-order valence-electron chi connectivity index (χ4n) is 1.84. The summed E-state index contributed by atoms with van der Waals surface area (Å²) < 4.78 is 5.00. The van der Waals surface area contributed by atoms with E-state index < -0.39 is 6.04 Å². The Labute approximate surface area is 114 Å². The highest BCUT2D eigenvalue weighted by atomic mass is 16.5. The fraction of sp³-hybridized carbons (Fsp3) is 0.400. The van der Waals surface area contributed by atoms with Gasteiger partial charge in [0.1, 0.15) is 0 Å². The van der Waals surface area contributed by atoms with Crippen LogP contribution in [0.5, 0.6) is 0 Å². The Bertz CT molecular complexity index is 392. The minimum atomic E-state index is -0.529. The van der Waals surface area contributed by atoms with E-state index in [1.165, 1.54) is 0 Å². The molecule has 1 aromatic rings. The normalized spacial score (nSPS) is 11.9. The molecule has 1 rings (SSSR count). The van der Waals surface area contributed by atoms with Crippen LogP contribution >= 0.6 is 0 Å². The maximum absolute atomic E-state index is 12.2. The van der Waals surface area contributed by atoms with Gasteiger partial charge in [-0.05, 0) is 12.0 Å². The van der Waals surface area contributed by atoms with Crippen molar-refractivity contribution in [1.82, 2.24) is 4.90 Å². The zero-order valence-electron chi connectivity index (χ0n) is 11.4. The first kappa shape index (κ1) is 15.4. The lowest BCUT2D eigenvalue weighted by atomic mass is 10.1. The summed E-state index contributed by atoms with van der Waals surface area (Å²) in [6.45, 7) is 5.18. The lowest BCUT2D eigenvalue weighted by Crippen LogP contribution is -2.46. The van der Waals surface area contributed by atoms with E-state index in [4.69, 9.17) is 10.5 Å². The molecule has 0 heterocycles. The average molecular weight is 262 g/mol. The van der Waals surface area contributed by atoms with Crippen LogP contribution in [0, 0.1) is 0 Å². The molecule has 0 fully saturated rings. The molecule has 0 bridgehead atoms. The van der Waals surface area contributed by atoms with Gasteiger partial charge in [0.05, 0.1) is 12.6 Å². The van der Waals surface area contributed by atoms with Crippen LogP contribution < -0.4 is 5.73 Å². The molecule has 4 nitrogen and oxygen atoms in total. The van der Waals surface area contributed by atoms with Crippen molar-refractivity contribution in [3.8, 4) is 0 Å². The average Bonchev–Trinajstić information content (AvgIpc) is 2.43. The summed E-state index contributed by atoms with van der Waals surface area (Å²) in [4.78, 5) is 13.9. The second-order valence-corrected chi connectivity index (χ2v) is 4.36. The van der Waals surface area contributed by atoms with Gasteiger partial charge in [-0.1, -0.05) is 36.4 Å². The maximum Gasteiger partial charge on any atom is 0.240 e. The van der Waals surface area contributed by atoms with Crippen molar-refractivity contribution in [1.29, 1.82) is 0 Å². The molecule has 104 valence electrons. The monoisotopic (exact) mass is 262 g/mol. The van der Waals surface area contributed by atoms with Gasteiger partial charge in [-0.15, -0.1) is 6.58 Å². The fourth-order valence-corrected chi connectivity index (χ4v) is 1.84. The molecule has 0 spiro atoms. The van der Waals surface area contributed by atoms with Gasteiger partial charge in [-0.3, -0.25) is 4.79 Å². The van der Waals surface area contributed by atoms with Crippen LogP contribution in [0.15, 0.2) is 43.0 Å². The Morgan fingerprint density at radius 2 is 2.16 bits per heavy atom. The Hall–Kier alpha value is -1.65. The van der Waals surface area contributed by atoms with Crippen LogP contribution in [0.4, 0.5) is 0 Å². The molecule has 0 aliphatic heterocycles. The largest absolute Gasteiger partial charge is 0.383 e. The molecule has 0 aromatic heterocycles. The molecule has 0 radical (unpaired) electrons. The SMILES string of the molecule is C=CCN(CCOC)C(=O)[C@H](N)Cc1ccccc1. The summed E-state index contributed by atoms with van der Waals surface area (Å²) in [5, 5.41) is 0. The van der Waals surface area contributed by atoms with E-state index in [1.54, 1.807) is 18.1 Å². The van der Waals surface area contributed by atoms with Crippen LogP contribution in [-0.4, -0.2) is 43.7 Å². The molecule has 0 unspecified atom stereocenters. The molecule has 0 aliphatic carbocycles. The van der Waals surface area contributed by atoms with E-state index in [0.717, 1.165) is 5.56 Å². The molecule has 0 saturated heterocycles. The second kappa shape index (κ2) is 8.45. The molecule has 1 aromatic carbocycles. The molecular weight excluding hydrogens is 240 g/mol. The standard InChI is InChI=1S/C15H22N2O2/c1-3-9-17(10-11-19-2)15(18)14(16)12-13-7-5-4-6-8-13/h3-8,14H,1,9-12,16H2,2H3/t14-/m1/s1. The summed E-state index contributed by atoms with van der Waals surface area (Å²) in [6, 6.07) is 9.25. The number of benzene rings is 1. The van der Waals surface area contributed by atoms with E-state index in [0.29, 0.717) is 26.1 Å². The number of nitrogens with zero attached hydrogens (tertiary/aromatic N) is 1. The molecule has 0 saturated carbocycles. The zero-order valence-corrected chi connectivity index (χ0v) is 11.4. The summed E-state index contributed by atoms with van der Waals surface area (Å²) >= 11 is 0. The molecule has 0 aliphatic rings. The lowest BCUT2D eigenvalue weighted by molar-refractivity contribution is -0.132. The maximum atomic E-state index is 12.2. The van der Waals surface area contributed by atoms with Crippen molar-refractivity contribution in [2.45, 2.75) is 12.5 Å². The van der Waals surface area contributed by atoms with Gasteiger partial charge in [0.2, 0.25) is 5.91 Å². The van der Waals surface area contributed by atoms with E-state index in [1.807, 2.05) is 30.3 Å². The minimum Gasteiger partial charge on any atom is -0.383 e. The summed E-state index contributed by atoms with van der Waals surface area (Å²) in [7, 11) is 1.61. The second-order valence-electron chi connectivity index (χ2n) is 4.36. The van der Waals surface area contributed by atoms with Gasteiger partial charge in [0.25, 0.3) is 0 Å². The van der Waals surface area contributed by atoms with Crippen molar-refractivity contribution in [2.75, 3.05) is 26.8 Å². The van der Waals surface area contributed by atoms with Gasteiger partial charge in [0, 0.05) is 20.2 Å². The number of methoxy groups -OCH3 is 1. The van der Waals surface area contributed by atoms with Crippen molar-refractivity contribution < 1.29 is 9.53 Å². The minimum absolute atomic E-state index is 0.0687. The Kier molecular flexibility index (Phi) is 6.85. The Morgan fingerprint density at radius 1 is 1.47 bits per heavy atom. The van der Waals surface area contributed by atoms with Crippen LogP contribution in [0.2, 0.25) is 0 Å². The molecule has 1 atom stereocenters. The van der Waals surface area contributed by atoms with Gasteiger partial charge in [-0.25, -0.2) is 0 Å². The molecular formula is C15H22N2O2. The molecule has 19 heavy (non-hydrogen) atoms. The number of carbonyl (C=O) groups is 1. The first-order valence-electron chi connectivity index (χ1n) is 6.37. The van der Waals surface area contributed by atoms with Gasteiger partial charge >= 0.3 is 0 Å². The highest BCUT2D eigenvalue weighted by Gasteiger charge is 2.20. The predicted molar refractivity (Wildman–Crippen MR) is 76.8 cm³/mol. The smallest absolute Gasteiger partial charge is 0.240 e. The Balaban J connectivity index is 2.59. The van der Waals surface area contributed by atoms with E-state index >= 15 is 0 Å². The summed E-state index contributed by atoms with van der Waals surface area (Å²) in [5.41, 5.74) is 7.05.